The van der Waals surface area contributed by atoms with Crippen LogP contribution < -0.4 is 5.73 Å². The van der Waals surface area contributed by atoms with Crippen LogP contribution in [0.2, 0.25) is 0 Å². The lowest BCUT2D eigenvalue weighted by Crippen LogP contribution is -2.39. The van der Waals surface area contributed by atoms with Crippen molar-refractivity contribution in [2.75, 3.05) is 13.1 Å². The van der Waals surface area contributed by atoms with Crippen molar-refractivity contribution in [3.05, 3.63) is 0 Å². The van der Waals surface area contributed by atoms with Crippen molar-refractivity contribution < 1.29 is 14.4 Å². The standard InChI is InChI=1S/C10H18N2O3/c1-3-4-5-12(7-9(11)14)10(15)6-8(2)13/h3-7H2,1-2H3,(H2,11,14). The lowest BCUT2D eigenvalue weighted by atomic mass is 10.2. The number of rotatable bonds is 7. The summed E-state index contributed by atoms with van der Waals surface area (Å²) in [5.74, 6) is -1.08. The molecule has 0 aliphatic rings. The van der Waals surface area contributed by atoms with Gasteiger partial charge in [-0.3, -0.25) is 14.4 Å². The Morgan fingerprint density at radius 1 is 1.27 bits per heavy atom. The first-order valence-electron chi connectivity index (χ1n) is 5.02. The van der Waals surface area contributed by atoms with Gasteiger partial charge in [0.15, 0.2) is 0 Å². The number of ketones is 1. The van der Waals surface area contributed by atoms with E-state index in [-0.39, 0.29) is 24.7 Å². The number of hydrogen-bond acceptors (Lipinski definition) is 3. The van der Waals surface area contributed by atoms with Gasteiger partial charge in [-0.2, -0.15) is 0 Å². The molecule has 0 rings (SSSR count). The van der Waals surface area contributed by atoms with Crippen LogP contribution in [0.15, 0.2) is 0 Å². The van der Waals surface area contributed by atoms with Crippen molar-refractivity contribution in [2.45, 2.75) is 33.1 Å². The fourth-order valence-electron chi connectivity index (χ4n) is 1.15. The lowest BCUT2D eigenvalue weighted by Gasteiger charge is -2.20. The second-order valence-electron chi connectivity index (χ2n) is 3.51. The summed E-state index contributed by atoms with van der Waals surface area (Å²) in [6, 6.07) is 0. The van der Waals surface area contributed by atoms with Gasteiger partial charge in [-0.15, -0.1) is 0 Å². The topological polar surface area (TPSA) is 80.5 Å². The van der Waals surface area contributed by atoms with Crippen LogP contribution in [0.3, 0.4) is 0 Å². The molecule has 86 valence electrons. The Kier molecular flexibility index (Phi) is 6.33. The molecule has 0 bridgehead atoms. The number of hydrogen-bond donors (Lipinski definition) is 1. The molecular weight excluding hydrogens is 196 g/mol. The highest BCUT2D eigenvalue weighted by Gasteiger charge is 2.16. The van der Waals surface area contributed by atoms with E-state index in [1.165, 1.54) is 11.8 Å². The van der Waals surface area contributed by atoms with E-state index in [1.54, 1.807) is 0 Å². The number of nitrogens with two attached hydrogens (primary N) is 1. The van der Waals surface area contributed by atoms with E-state index < -0.39 is 5.91 Å². The molecule has 0 saturated heterocycles. The molecule has 0 heterocycles. The Labute approximate surface area is 89.6 Å². The minimum absolute atomic E-state index is 0.105. The molecule has 5 heteroatoms. The second-order valence-corrected chi connectivity index (χ2v) is 3.51. The average molecular weight is 214 g/mol. The first-order chi connectivity index (χ1) is 6.97. The first-order valence-corrected chi connectivity index (χ1v) is 5.02. The van der Waals surface area contributed by atoms with Crippen molar-refractivity contribution >= 4 is 17.6 Å². The van der Waals surface area contributed by atoms with Crippen LogP contribution >= 0.6 is 0 Å². The number of primary amides is 1. The fourth-order valence-corrected chi connectivity index (χ4v) is 1.15. The largest absolute Gasteiger partial charge is 0.368 e. The van der Waals surface area contributed by atoms with E-state index in [1.807, 2.05) is 6.92 Å². The molecule has 0 aromatic heterocycles. The Morgan fingerprint density at radius 3 is 2.27 bits per heavy atom. The highest BCUT2D eigenvalue weighted by molar-refractivity contribution is 5.97. The minimum Gasteiger partial charge on any atom is -0.368 e. The van der Waals surface area contributed by atoms with Crippen molar-refractivity contribution in [1.82, 2.24) is 4.90 Å². The van der Waals surface area contributed by atoms with Gasteiger partial charge in [0.05, 0.1) is 13.0 Å². The molecule has 0 atom stereocenters. The molecule has 0 radical (unpaired) electrons. The van der Waals surface area contributed by atoms with Gasteiger partial charge in [0.2, 0.25) is 11.8 Å². The Hall–Kier alpha value is -1.39. The van der Waals surface area contributed by atoms with Crippen LogP contribution in [0.1, 0.15) is 33.1 Å². The molecule has 2 amide bonds. The van der Waals surface area contributed by atoms with Gasteiger partial charge >= 0.3 is 0 Å². The summed E-state index contributed by atoms with van der Waals surface area (Å²) in [6.45, 7) is 3.70. The molecule has 0 aromatic rings. The Bertz CT molecular complexity index is 251. The molecule has 2 N–H and O–H groups in total. The van der Waals surface area contributed by atoms with Crippen molar-refractivity contribution in [2.24, 2.45) is 5.73 Å². The number of Topliss-reactive ketones (excluding diaryl/α,β-unsaturated/α-hetero) is 1. The third-order valence-corrected chi connectivity index (χ3v) is 1.88. The van der Waals surface area contributed by atoms with Gasteiger partial charge in [-0.05, 0) is 13.3 Å². The van der Waals surface area contributed by atoms with Crippen LogP contribution in [0.5, 0.6) is 0 Å². The van der Waals surface area contributed by atoms with Gasteiger partial charge < -0.3 is 10.6 Å². The van der Waals surface area contributed by atoms with E-state index in [9.17, 15) is 14.4 Å². The van der Waals surface area contributed by atoms with E-state index in [2.05, 4.69) is 0 Å². The smallest absolute Gasteiger partial charge is 0.237 e. The van der Waals surface area contributed by atoms with E-state index in [4.69, 9.17) is 5.73 Å². The summed E-state index contributed by atoms with van der Waals surface area (Å²) in [5, 5.41) is 0. The number of carbonyl (C=O) groups is 3. The molecule has 0 aliphatic carbocycles. The number of carbonyl (C=O) groups excluding carboxylic acids is 3. The zero-order chi connectivity index (χ0) is 11.8. The van der Waals surface area contributed by atoms with Crippen LogP contribution in [0, 0.1) is 0 Å². The molecular formula is C10H18N2O3. The number of amides is 2. The van der Waals surface area contributed by atoms with Crippen molar-refractivity contribution in [3.63, 3.8) is 0 Å². The van der Waals surface area contributed by atoms with Crippen LogP contribution in [0.25, 0.3) is 0 Å². The average Bonchev–Trinajstić information content (AvgIpc) is 2.10. The predicted molar refractivity (Wildman–Crippen MR) is 56.0 cm³/mol. The highest BCUT2D eigenvalue weighted by Crippen LogP contribution is 1.99. The van der Waals surface area contributed by atoms with E-state index >= 15 is 0 Å². The molecule has 0 aromatic carbocycles. The highest BCUT2D eigenvalue weighted by atomic mass is 16.2. The van der Waals surface area contributed by atoms with Crippen LogP contribution in [-0.4, -0.2) is 35.6 Å². The monoisotopic (exact) mass is 214 g/mol. The molecule has 0 spiro atoms. The molecule has 5 nitrogen and oxygen atoms in total. The van der Waals surface area contributed by atoms with Crippen molar-refractivity contribution in [1.29, 1.82) is 0 Å². The maximum Gasteiger partial charge on any atom is 0.237 e. The summed E-state index contributed by atoms with van der Waals surface area (Å²) in [6.07, 6.45) is 1.57. The number of unbranched alkanes of at least 4 members (excludes halogenated alkanes) is 1. The van der Waals surface area contributed by atoms with Crippen LogP contribution in [0.4, 0.5) is 0 Å². The second kappa shape index (κ2) is 6.98. The predicted octanol–water partition coefficient (Wildman–Crippen LogP) is 0.0795. The van der Waals surface area contributed by atoms with Gasteiger partial charge in [0.1, 0.15) is 5.78 Å². The minimum atomic E-state index is -0.553. The molecule has 0 saturated carbocycles. The molecule has 15 heavy (non-hydrogen) atoms. The SMILES string of the molecule is CCCCN(CC(N)=O)C(=O)CC(C)=O. The maximum atomic E-state index is 11.5. The Morgan fingerprint density at radius 2 is 1.87 bits per heavy atom. The fraction of sp³-hybridized carbons (Fsp3) is 0.700. The van der Waals surface area contributed by atoms with E-state index in [0.29, 0.717) is 6.54 Å². The normalized spacial score (nSPS) is 9.73. The van der Waals surface area contributed by atoms with Crippen LogP contribution in [-0.2, 0) is 14.4 Å². The molecule has 0 aliphatic heterocycles. The Balaban J connectivity index is 4.26. The van der Waals surface area contributed by atoms with Crippen molar-refractivity contribution in [3.8, 4) is 0 Å². The summed E-state index contributed by atoms with van der Waals surface area (Å²) in [7, 11) is 0. The quantitative estimate of drug-likeness (QED) is 0.609. The molecule has 0 unspecified atom stereocenters. The lowest BCUT2D eigenvalue weighted by molar-refractivity contribution is -0.138. The van der Waals surface area contributed by atoms with Gasteiger partial charge in [0.25, 0.3) is 0 Å². The van der Waals surface area contributed by atoms with Gasteiger partial charge in [-0.1, -0.05) is 13.3 Å². The third kappa shape index (κ3) is 6.65. The summed E-state index contributed by atoms with van der Waals surface area (Å²) >= 11 is 0. The van der Waals surface area contributed by atoms with Gasteiger partial charge in [0, 0.05) is 6.54 Å². The van der Waals surface area contributed by atoms with E-state index in [0.717, 1.165) is 12.8 Å². The zero-order valence-corrected chi connectivity index (χ0v) is 9.28. The summed E-state index contributed by atoms with van der Waals surface area (Å²) in [5.41, 5.74) is 5.02. The third-order valence-electron chi connectivity index (χ3n) is 1.88. The maximum absolute atomic E-state index is 11.5. The summed E-state index contributed by atoms with van der Waals surface area (Å²) in [4.78, 5) is 34.3. The number of nitrogens with zero attached hydrogens (tertiary/aromatic N) is 1. The first kappa shape index (κ1) is 13.6. The summed E-state index contributed by atoms with van der Waals surface area (Å²) < 4.78 is 0. The molecule has 0 fully saturated rings. The zero-order valence-electron chi connectivity index (χ0n) is 9.28. The van der Waals surface area contributed by atoms with Gasteiger partial charge in [-0.25, -0.2) is 0 Å².